The van der Waals surface area contributed by atoms with E-state index in [1.165, 1.54) is 0 Å². The molecule has 1 aromatic carbocycles. The minimum absolute atomic E-state index is 0.960. The molecule has 0 spiro atoms. The molecule has 64 valence electrons. The second-order valence-electron chi connectivity index (χ2n) is 2.27. The molecule has 0 fully saturated rings. The molecular weight excluding hydrogens is 180 g/mol. The van der Waals surface area contributed by atoms with Crippen molar-refractivity contribution in [2.45, 2.75) is 0 Å². The number of rotatable bonds is 3. The third kappa shape index (κ3) is 2.61. The average Bonchev–Trinajstić information content (AvgIpc) is 2.19. The van der Waals surface area contributed by atoms with Gasteiger partial charge in [0, 0.05) is 0 Å². The predicted octanol–water partition coefficient (Wildman–Crippen LogP) is 0.619. The number of nitrogens with one attached hydrogen (secondary N) is 2. The maximum atomic E-state index is 6.73. The molecule has 0 atom stereocenters. The van der Waals surface area contributed by atoms with E-state index in [4.69, 9.17) is 10.8 Å². The summed E-state index contributed by atoms with van der Waals surface area (Å²) < 4.78 is 7.58. The summed E-state index contributed by atoms with van der Waals surface area (Å²) in [5.41, 5.74) is 0. The molecule has 5 heteroatoms. The maximum absolute atomic E-state index is 6.73. The molecule has 0 aromatic heterocycles. The van der Waals surface area contributed by atoms with Gasteiger partial charge in [0.15, 0.2) is 0 Å². The molecule has 0 radical (unpaired) electrons. The minimum atomic E-state index is -1.94. The fraction of sp³-hybridized carbons (Fsp3) is 0. The topological polar surface area (TPSA) is 72.4 Å². The maximum Gasteiger partial charge on any atom is 0.342 e. The summed E-state index contributed by atoms with van der Waals surface area (Å²) in [4.78, 5) is 0. The van der Waals surface area contributed by atoms with E-state index < -0.39 is 9.12 Å². The van der Waals surface area contributed by atoms with E-state index in [1.807, 2.05) is 42.3 Å². The highest BCUT2D eigenvalue weighted by Crippen LogP contribution is 1.89. The van der Waals surface area contributed by atoms with Crippen LogP contribution < -0.4 is 5.19 Å². The summed E-state index contributed by atoms with van der Waals surface area (Å²) >= 11 is 0. The molecule has 0 aliphatic carbocycles. The zero-order valence-electron chi connectivity index (χ0n) is 6.86. The molecule has 4 nitrogen and oxygen atoms in total. The highest BCUT2D eigenvalue weighted by molar-refractivity contribution is 6.71. The monoisotopic (exact) mass is 188 g/mol. The fourth-order valence-corrected chi connectivity index (χ4v) is 2.09. The SMILES string of the molecule is N=C=N[SiH](N=C=N)c1ccccc1. The lowest BCUT2D eigenvalue weighted by Gasteiger charge is -1.99. The lowest BCUT2D eigenvalue weighted by Crippen LogP contribution is -2.25. The Morgan fingerprint density at radius 2 is 1.54 bits per heavy atom. The van der Waals surface area contributed by atoms with E-state index in [-0.39, 0.29) is 0 Å². The zero-order valence-corrected chi connectivity index (χ0v) is 8.01. The smallest absolute Gasteiger partial charge is 0.242 e. The van der Waals surface area contributed by atoms with E-state index in [1.54, 1.807) is 0 Å². The van der Waals surface area contributed by atoms with Crippen molar-refractivity contribution in [3.63, 3.8) is 0 Å². The Hall–Kier alpha value is -1.80. The van der Waals surface area contributed by atoms with Gasteiger partial charge in [-0.05, 0) is 5.19 Å². The van der Waals surface area contributed by atoms with Crippen LogP contribution in [0.3, 0.4) is 0 Å². The Labute approximate surface area is 77.5 Å². The number of hydrogen-bond acceptors (Lipinski definition) is 4. The highest BCUT2D eigenvalue weighted by Gasteiger charge is 2.09. The summed E-state index contributed by atoms with van der Waals surface area (Å²) in [6.45, 7) is 0. The third-order valence-electron chi connectivity index (χ3n) is 1.47. The Balaban J connectivity index is 3.01. The normalized spacial score (nSPS) is 10.8. The molecule has 0 aliphatic heterocycles. The van der Waals surface area contributed by atoms with Crippen molar-refractivity contribution < 1.29 is 0 Å². The Bertz CT molecular complexity index is 345. The van der Waals surface area contributed by atoms with Crippen LogP contribution in [0.2, 0.25) is 0 Å². The molecule has 0 heterocycles. The largest absolute Gasteiger partial charge is 0.342 e. The first-order valence-corrected chi connectivity index (χ1v) is 5.27. The highest BCUT2D eigenvalue weighted by atomic mass is 28.3. The first-order chi connectivity index (χ1) is 6.38. The molecular formula is C8H8N4Si. The molecule has 0 saturated carbocycles. The summed E-state index contributed by atoms with van der Waals surface area (Å²) in [5.74, 6) is 0. The second kappa shape index (κ2) is 4.95. The molecule has 0 amide bonds. The van der Waals surface area contributed by atoms with Gasteiger partial charge in [-0.1, -0.05) is 30.3 Å². The lowest BCUT2D eigenvalue weighted by molar-refractivity contribution is 1.52. The molecule has 1 rings (SSSR count). The van der Waals surface area contributed by atoms with Gasteiger partial charge in [0.2, 0.25) is 0 Å². The van der Waals surface area contributed by atoms with Crippen LogP contribution in [0.25, 0.3) is 0 Å². The molecule has 0 bridgehead atoms. The van der Waals surface area contributed by atoms with Gasteiger partial charge in [0.25, 0.3) is 0 Å². The van der Waals surface area contributed by atoms with Gasteiger partial charge < -0.3 is 0 Å². The van der Waals surface area contributed by atoms with Crippen molar-refractivity contribution in [3.8, 4) is 0 Å². The van der Waals surface area contributed by atoms with Gasteiger partial charge in [-0.3, -0.25) is 0 Å². The van der Waals surface area contributed by atoms with Gasteiger partial charge in [-0.25, -0.2) is 20.1 Å². The van der Waals surface area contributed by atoms with E-state index >= 15 is 0 Å². The van der Waals surface area contributed by atoms with Crippen LogP contribution in [0.15, 0.2) is 39.6 Å². The van der Waals surface area contributed by atoms with Gasteiger partial charge >= 0.3 is 9.12 Å². The Morgan fingerprint density at radius 3 is 2.00 bits per heavy atom. The van der Waals surface area contributed by atoms with Crippen LogP contribution in [0.4, 0.5) is 0 Å². The summed E-state index contributed by atoms with van der Waals surface area (Å²) in [7, 11) is -1.94. The summed E-state index contributed by atoms with van der Waals surface area (Å²) in [5, 5.41) is 14.4. The molecule has 0 aliphatic rings. The lowest BCUT2D eigenvalue weighted by atomic mass is 10.4. The molecule has 2 N–H and O–H groups in total. The van der Waals surface area contributed by atoms with Crippen molar-refractivity contribution in [1.82, 2.24) is 0 Å². The number of benzene rings is 1. The summed E-state index contributed by atoms with van der Waals surface area (Å²) in [6, 6.07) is 13.4. The van der Waals surface area contributed by atoms with Crippen molar-refractivity contribution >= 4 is 26.3 Å². The average molecular weight is 188 g/mol. The van der Waals surface area contributed by atoms with Crippen LogP contribution in [-0.4, -0.2) is 21.1 Å². The summed E-state index contributed by atoms with van der Waals surface area (Å²) in [6.07, 6.45) is 0. The van der Waals surface area contributed by atoms with Crippen molar-refractivity contribution in [1.29, 1.82) is 10.8 Å². The van der Waals surface area contributed by atoms with Crippen molar-refractivity contribution in [2.75, 3.05) is 0 Å². The minimum Gasteiger partial charge on any atom is -0.242 e. The van der Waals surface area contributed by atoms with Crippen molar-refractivity contribution in [3.05, 3.63) is 30.3 Å². The van der Waals surface area contributed by atoms with E-state index in [0.717, 1.165) is 5.19 Å². The number of hydrogen-bond donors (Lipinski definition) is 2. The van der Waals surface area contributed by atoms with Gasteiger partial charge in [0.1, 0.15) is 0 Å². The van der Waals surface area contributed by atoms with Crippen LogP contribution in [0, 0.1) is 10.8 Å². The number of nitrogens with zero attached hydrogens (tertiary/aromatic N) is 2. The molecule has 0 saturated heterocycles. The van der Waals surface area contributed by atoms with E-state index in [0.29, 0.717) is 0 Å². The molecule has 1 aromatic rings. The van der Waals surface area contributed by atoms with Crippen LogP contribution >= 0.6 is 0 Å². The second-order valence-corrected chi connectivity index (χ2v) is 4.20. The van der Waals surface area contributed by atoms with Crippen LogP contribution in [0.5, 0.6) is 0 Å². The first kappa shape index (κ1) is 9.29. The van der Waals surface area contributed by atoms with Crippen molar-refractivity contribution in [2.24, 2.45) is 9.32 Å². The van der Waals surface area contributed by atoms with Gasteiger partial charge in [-0.15, -0.1) is 0 Å². The van der Waals surface area contributed by atoms with Crippen LogP contribution in [0.1, 0.15) is 0 Å². The van der Waals surface area contributed by atoms with Gasteiger partial charge in [-0.2, -0.15) is 0 Å². The van der Waals surface area contributed by atoms with E-state index in [2.05, 4.69) is 9.32 Å². The third-order valence-corrected chi connectivity index (χ3v) is 3.20. The fourth-order valence-electron chi connectivity index (χ4n) is 0.925. The Kier molecular flexibility index (Phi) is 3.54. The first-order valence-electron chi connectivity index (χ1n) is 3.66. The Morgan fingerprint density at radius 1 is 1.00 bits per heavy atom. The zero-order chi connectivity index (χ0) is 9.52. The molecule has 13 heavy (non-hydrogen) atoms. The van der Waals surface area contributed by atoms with Gasteiger partial charge in [0.05, 0.1) is 12.0 Å². The van der Waals surface area contributed by atoms with E-state index in [9.17, 15) is 0 Å². The standard InChI is InChI=1S/C8H8N4Si/c9-6-11-13(12-7-10)8-4-2-1-3-5-8/h1-5,9-10,13H. The molecule has 0 unspecified atom stereocenters. The quantitative estimate of drug-likeness (QED) is 0.515. The predicted molar refractivity (Wildman–Crippen MR) is 53.5 cm³/mol. The van der Waals surface area contributed by atoms with Crippen LogP contribution in [-0.2, 0) is 0 Å².